The van der Waals surface area contributed by atoms with E-state index in [1.165, 1.54) is 17.7 Å². The van der Waals surface area contributed by atoms with Gasteiger partial charge >= 0.3 is 0 Å². The highest BCUT2D eigenvalue weighted by molar-refractivity contribution is 5.79. The largest absolute Gasteiger partial charge is 0.336 e. The lowest BCUT2D eigenvalue weighted by Gasteiger charge is -2.39. The lowest BCUT2D eigenvalue weighted by atomic mass is 9.85. The van der Waals surface area contributed by atoms with E-state index in [0.717, 1.165) is 37.1 Å². The number of carbonyl (C=O) groups is 1. The number of halogens is 1. The Morgan fingerprint density at radius 2 is 1.79 bits per heavy atom. The fourth-order valence-electron chi connectivity index (χ4n) is 5.10. The van der Waals surface area contributed by atoms with Gasteiger partial charge in [0.15, 0.2) is 5.82 Å². The Bertz CT molecular complexity index is 1060. The zero-order valence-electron chi connectivity index (χ0n) is 16.7. The molecule has 0 radical (unpaired) electrons. The van der Waals surface area contributed by atoms with Crippen molar-refractivity contribution in [3.05, 3.63) is 58.9 Å². The molecule has 4 heterocycles. The highest BCUT2D eigenvalue weighted by Gasteiger charge is 2.43. The average Bonchev–Trinajstić information content (AvgIpc) is 3.20. The summed E-state index contributed by atoms with van der Waals surface area (Å²) in [4.78, 5) is 24.1. The molecule has 5 rings (SSSR count). The normalized spacial score (nSPS) is 23.7. The Hall–Kier alpha value is -2.83. The van der Waals surface area contributed by atoms with Gasteiger partial charge in [0.25, 0.3) is 5.78 Å². The highest BCUT2D eigenvalue weighted by Crippen LogP contribution is 2.43. The van der Waals surface area contributed by atoms with Crippen LogP contribution in [0.4, 0.5) is 4.39 Å². The van der Waals surface area contributed by atoms with E-state index < -0.39 is 0 Å². The maximum atomic E-state index is 13.2. The van der Waals surface area contributed by atoms with Gasteiger partial charge in [0.05, 0.1) is 6.42 Å². The molecule has 7 heteroatoms. The zero-order valence-corrected chi connectivity index (χ0v) is 16.7. The number of nitrogens with zero attached hydrogens (tertiary/aromatic N) is 5. The van der Waals surface area contributed by atoms with Crippen molar-refractivity contribution in [2.75, 3.05) is 0 Å². The number of aryl methyl sites for hydroxylation is 2. The van der Waals surface area contributed by atoms with E-state index in [-0.39, 0.29) is 30.2 Å². The minimum Gasteiger partial charge on any atom is -0.336 e. The molecule has 0 spiro atoms. The summed E-state index contributed by atoms with van der Waals surface area (Å²) in [5.41, 5.74) is 3.02. The predicted molar refractivity (Wildman–Crippen MR) is 106 cm³/mol. The predicted octanol–water partition coefficient (Wildman–Crippen LogP) is 3.36. The van der Waals surface area contributed by atoms with Crippen LogP contribution >= 0.6 is 0 Å². The Labute approximate surface area is 168 Å². The van der Waals surface area contributed by atoms with E-state index in [4.69, 9.17) is 0 Å². The summed E-state index contributed by atoms with van der Waals surface area (Å²) in [6.45, 7) is 3.89. The number of amides is 1. The molecule has 0 saturated carbocycles. The van der Waals surface area contributed by atoms with Crippen molar-refractivity contribution >= 4 is 11.7 Å². The standard InChI is InChI=1S/C22H24FN5O/c1-13-9-14(2)28-22(24-13)25-20(26-28)12-21(29)27-18-7-8-19(27)11-16(10-18)15-3-5-17(23)6-4-15/h3-6,9,16,18-19H,7-8,10-12H2,1-2H3. The molecule has 1 amide bonds. The molecule has 0 aliphatic carbocycles. The summed E-state index contributed by atoms with van der Waals surface area (Å²) in [6, 6.07) is 9.27. The third-order valence-corrected chi connectivity index (χ3v) is 6.33. The van der Waals surface area contributed by atoms with Crippen LogP contribution in [0.5, 0.6) is 0 Å². The van der Waals surface area contributed by atoms with Crippen molar-refractivity contribution in [1.29, 1.82) is 0 Å². The van der Waals surface area contributed by atoms with Gasteiger partial charge in [-0.25, -0.2) is 13.9 Å². The molecular weight excluding hydrogens is 369 g/mol. The summed E-state index contributed by atoms with van der Waals surface area (Å²) >= 11 is 0. The first-order valence-corrected chi connectivity index (χ1v) is 10.2. The van der Waals surface area contributed by atoms with E-state index in [1.54, 1.807) is 4.52 Å². The number of aromatic nitrogens is 4. The number of piperidine rings is 1. The molecule has 29 heavy (non-hydrogen) atoms. The van der Waals surface area contributed by atoms with E-state index in [2.05, 4.69) is 20.0 Å². The van der Waals surface area contributed by atoms with Crippen LogP contribution < -0.4 is 0 Å². The summed E-state index contributed by atoms with van der Waals surface area (Å²) in [6.07, 6.45) is 4.15. The van der Waals surface area contributed by atoms with E-state index in [0.29, 0.717) is 17.5 Å². The quantitative estimate of drug-likeness (QED) is 0.685. The summed E-state index contributed by atoms with van der Waals surface area (Å²) in [5, 5.41) is 4.49. The molecule has 2 fully saturated rings. The maximum Gasteiger partial charge on any atom is 0.252 e. The Morgan fingerprint density at radius 3 is 2.48 bits per heavy atom. The molecule has 3 aromatic rings. The van der Waals surface area contributed by atoms with Crippen molar-refractivity contribution in [1.82, 2.24) is 24.5 Å². The van der Waals surface area contributed by atoms with Crippen LogP contribution in [0.15, 0.2) is 30.3 Å². The minimum atomic E-state index is -0.204. The average molecular weight is 393 g/mol. The highest BCUT2D eigenvalue weighted by atomic mass is 19.1. The molecule has 2 aliphatic rings. The van der Waals surface area contributed by atoms with Gasteiger partial charge in [-0.3, -0.25) is 4.79 Å². The van der Waals surface area contributed by atoms with Gasteiger partial charge in [0, 0.05) is 23.5 Å². The van der Waals surface area contributed by atoms with Crippen LogP contribution in [0.2, 0.25) is 0 Å². The van der Waals surface area contributed by atoms with Gasteiger partial charge < -0.3 is 4.90 Å². The first-order valence-electron chi connectivity index (χ1n) is 10.2. The second-order valence-electron chi connectivity index (χ2n) is 8.36. The number of hydrogen-bond donors (Lipinski definition) is 0. The topological polar surface area (TPSA) is 63.4 Å². The second-order valence-corrected chi connectivity index (χ2v) is 8.36. The second kappa shape index (κ2) is 6.90. The number of rotatable bonds is 3. The Balaban J connectivity index is 1.32. The number of hydrogen-bond acceptors (Lipinski definition) is 4. The van der Waals surface area contributed by atoms with Crippen LogP contribution in [0.25, 0.3) is 5.78 Å². The lowest BCUT2D eigenvalue weighted by molar-refractivity contribution is -0.135. The number of benzene rings is 1. The third kappa shape index (κ3) is 3.28. The summed E-state index contributed by atoms with van der Waals surface area (Å²) in [5.74, 6) is 1.35. The summed E-state index contributed by atoms with van der Waals surface area (Å²) in [7, 11) is 0. The lowest BCUT2D eigenvalue weighted by Crippen LogP contribution is -2.46. The Morgan fingerprint density at radius 1 is 1.10 bits per heavy atom. The van der Waals surface area contributed by atoms with Crippen LogP contribution in [0.3, 0.4) is 0 Å². The van der Waals surface area contributed by atoms with Gasteiger partial charge in [0.1, 0.15) is 5.82 Å². The number of carbonyl (C=O) groups excluding carboxylic acids is 1. The SMILES string of the molecule is Cc1cc(C)n2nc(CC(=O)N3C4CCC3CC(c3ccc(F)cc3)C4)nc2n1. The fourth-order valence-corrected chi connectivity index (χ4v) is 5.10. The van der Waals surface area contributed by atoms with Crippen molar-refractivity contribution in [2.24, 2.45) is 0 Å². The van der Waals surface area contributed by atoms with E-state index >= 15 is 0 Å². The molecular formula is C22H24FN5O. The first-order chi connectivity index (χ1) is 14.0. The molecule has 1 aromatic carbocycles. The van der Waals surface area contributed by atoms with Crippen molar-refractivity contribution in [3.8, 4) is 0 Å². The molecule has 6 nitrogen and oxygen atoms in total. The van der Waals surface area contributed by atoms with Crippen LogP contribution in [-0.4, -0.2) is 42.5 Å². The fraction of sp³-hybridized carbons (Fsp3) is 0.455. The maximum absolute atomic E-state index is 13.2. The van der Waals surface area contributed by atoms with Crippen LogP contribution in [-0.2, 0) is 11.2 Å². The molecule has 2 atom stereocenters. The molecule has 2 saturated heterocycles. The Kier molecular flexibility index (Phi) is 4.33. The molecule has 2 aromatic heterocycles. The first kappa shape index (κ1) is 18.2. The monoisotopic (exact) mass is 393 g/mol. The molecule has 0 N–H and O–H groups in total. The van der Waals surface area contributed by atoms with Gasteiger partial charge in [-0.15, -0.1) is 5.10 Å². The van der Waals surface area contributed by atoms with Crippen molar-refractivity contribution < 1.29 is 9.18 Å². The molecule has 2 unspecified atom stereocenters. The van der Waals surface area contributed by atoms with Gasteiger partial charge in [-0.05, 0) is 69.2 Å². The number of fused-ring (bicyclic) bond motifs is 3. The summed E-state index contributed by atoms with van der Waals surface area (Å²) < 4.78 is 14.9. The van der Waals surface area contributed by atoms with Crippen LogP contribution in [0.1, 0.15) is 54.4 Å². The minimum absolute atomic E-state index is 0.0975. The van der Waals surface area contributed by atoms with E-state index in [1.807, 2.05) is 32.0 Å². The molecule has 2 aliphatic heterocycles. The third-order valence-electron chi connectivity index (χ3n) is 6.33. The zero-order chi connectivity index (χ0) is 20.1. The van der Waals surface area contributed by atoms with Crippen LogP contribution in [0, 0.1) is 19.7 Å². The molecule has 150 valence electrons. The van der Waals surface area contributed by atoms with Gasteiger partial charge in [0.2, 0.25) is 5.91 Å². The van der Waals surface area contributed by atoms with E-state index in [9.17, 15) is 9.18 Å². The van der Waals surface area contributed by atoms with Crippen molar-refractivity contribution in [3.63, 3.8) is 0 Å². The smallest absolute Gasteiger partial charge is 0.252 e. The van der Waals surface area contributed by atoms with Gasteiger partial charge in [-0.1, -0.05) is 12.1 Å². The van der Waals surface area contributed by atoms with Gasteiger partial charge in [-0.2, -0.15) is 4.98 Å². The van der Waals surface area contributed by atoms with Crippen molar-refractivity contribution in [2.45, 2.75) is 64.0 Å². The molecule has 2 bridgehead atoms.